The maximum atomic E-state index is 11.6. The average molecular weight is 308 g/mol. The Morgan fingerprint density at radius 3 is 2.56 bits per heavy atom. The van der Waals surface area contributed by atoms with E-state index >= 15 is 0 Å². The van der Waals surface area contributed by atoms with E-state index in [0.29, 0.717) is 4.47 Å². The quantitative estimate of drug-likeness (QED) is 0.850. The van der Waals surface area contributed by atoms with Crippen molar-refractivity contribution in [2.75, 3.05) is 14.2 Å². The third-order valence-electron chi connectivity index (χ3n) is 1.91. The summed E-state index contributed by atoms with van der Waals surface area (Å²) in [6, 6.07) is 4.27. The van der Waals surface area contributed by atoms with Crippen molar-refractivity contribution in [3.8, 4) is 0 Å². The minimum Gasteiger partial charge on any atom is -0.465 e. The highest BCUT2D eigenvalue weighted by molar-refractivity contribution is 9.10. The van der Waals surface area contributed by atoms with Gasteiger partial charge in [-0.15, -0.1) is 0 Å². The van der Waals surface area contributed by atoms with Gasteiger partial charge in [0.2, 0.25) is 10.0 Å². The van der Waals surface area contributed by atoms with Crippen molar-refractivity contribution in [2.24, 2.45) is 0 Å². The summed E-state index contributed by atoms with van der Waals surface area (Å²) in [5, 5.41) is 0. The zero-order chi connectivity index (χ0) is 12.3. The van der Waals surface area contributed by atoms with Crippen molar-refractivity contribution in [1.29, 1.82) is 0 Å². The molecule has 5 nitrogen and oxygen atoms in total. The third-order valence-corrected chi connectivity index (χ3v) is 3.87. The Morgan fingerprint density at radius 2 is 2.06 bits per heavy atom. The molecule has 0 radical (unpaired) electrons. The lowest BCUT2D eigenvalue weighted by atomic mass is 10.2. The van der Waals surface area contributed by atoms with Gasteiger partial charge in [-0.05, 0) is 25.2 Å². The summed E-state index contributed by atoms with van der Waals surface area (Å²) in [6.45, 7) is 0. The predicted molar refractivity (Wildman–Crippen MR) is 61.7 cm³/mol. The van der Waals surface area contributed by atoms with Gasteiger partial charge in [-0.2, -0.15) is 0 Å². The van der Waals surface area contributed by atoms with E-state index in [4.69, 9.17) is 0 Å². The molecule has 0 aromatic heterocycles. The Hall–Kier alpha value is -0.920. The van der Waals surface area contributed by atoms with Gasteiger partial charge in [-0.3, -0.25) is 0 Å². The number of sulfonamides is 1. The summed E-state index contributed by atoms with van der Waals surface area (Å²) >= 11 is 3.16. The molecule has 1 rings (SSSR count). The van der Waals surface area contributed by atoms with E-state index in [1.165, 1.54) is 32.4 Å². The Labute approximate surface area is 102 Å². The zero-order valence-electron chi connectivity index (χ0n) is 8.65. The Morgan fingerprint density at radius 1 is 1.44 bits per heavy atom. The predicted octanol–water partition coefficient (Wildman–Crippen LogP) is 1.14. The first-order chi connectivity index (χ1) is 7.42. The Kier molecular flexibility index (Phi) is 4.06. The molecule has 0 spiro atoms. The highest BCUT2D eigenvalue weighted by Crippen LogP contribution is 2.21. The van der Waals surface area contributed by atoms with Gasteiger partial charge in [-0.25, -0.2) is 17.9 Å². The lowest BCUT2D eigenvalue weighted by Crippen LogP contribution is -2.21. The molecule has 1 aromatic carbocycles. The number of hydrogen-bond donors (Lipinski definition) is 1. The molecule has 0 unspecified atom stereocenters. The van der Waals surface area contributed by atoms with E-state index in [9.17, 15) is 13.2 Å². The molecule has 88 valence electrons. The fourth-order valence-corrected chi connectivity index (χ4v) is 2.38. The second kappa shape index (κ2) is 4.94. The molecular weight excluding hydrogens is 298 g/mol. The van der Waals surface area contributed by atoms with Crippen LogP contribution in [0.2, 0.25) is 0 Å². The highest BCUT2D eigenvalue weighted by atomic mass is 79.9. The first-order valence-corrected chi connectivity index (χ1v) is 6.51. The molecule has 0 aliphatic heterocycles. The fraction of sp³-hybridized carbons (Fsp3) is 0.222. The number of carbonyl (C=O) groups excluding carboxylic acids is 1. The van der Waals surface area contributed by atoms with Gasteiger partial charge in [0.25, 0.3) is 0 Å². The van der Waals surface area contributed by atoms with Crippen LogP contribution in [0.5, 0.6) is 0 Å². The second-order valence-corrected chi connectivity index (χ2v) is 5.61. The number of halogens is 1. The normalized spacial score (nSPS) is 11.2. The second-order valence-electron chi connectivity index (χ2n) is 2.84. The summed E-state index contributed by atoms with van der Waals surface area (Å²) in [6.07, 6.45) is 0. The third kappa shape index (κ3) is 2.60. The Balaban J connectivity index is 3.46. The topological polar surface area (TPSA) is 72.5 Å². The fourth-order valence-electron chi connectivity index (χ4n) is 1.12. The van der Waals surface area contributed by atoms with Gasteiger partial charge in [-0.1, -0.05) is 15.9 Å². The zero-order valence-corrected chi connectivity index (χ0v) is 11.1. The van der Waals surface area contributed by atoms with Crippen molar-refractivity contribution in [1.82, 2.24) is 4.72 Å². The van der Waals surface area contributed by atoms with E-state index in [0.717, 1.165) is 0 Å². The van der Waals surface area contributed by atoms with Crippen LogP contribution in [0, 0.1) is 0 Å². The maximum absolute atomic E-state index is 11.6. The average Bonchev–Trinajstić information content (AvgIpc) is 2.27. The molecule has 0 saturated carbocycles. The molecule has 0 atom stereocenters. The minimum atomic E-state index is -3.67. The van der Waals surface area contributed by atoms with Crippen molar-refractivity contribution in [3.05, 3.63) is 28.2 Å². The minimum absolute atomic E-state index is 0.00812. The largest absolute Gasteiger partial charge is 0.465 e. The van der Waals surface area contributed by atoms with Crippen molar-refractivity contribution >= 4 is 31.9 Å². The van der Waals surface area contributed by atoms with Gasteiger partial charge in [0.05, 0.1) is 17.6 Å². The van der Waals surface area contributed by atoms with E-state index in [-0.39, 0.29) is 10.5 Å². The number of ether oxygens (including phenoxy) is 1. The van der Waals surface area contributed by atoms with Crippen molar-refractivity contribution in [2.45, 2.75) is 4.90 Å². The first kappa shape index (κ1) is 13.1. The van der Waals surface area contributed by atoms with Crippen LogP contribution in [0.3, 0.4) is 0 Å². The molecule has 0 bridgehead atoms. The van der Waals surface area contributed by atoms with E-state index in [1.54, 1.807) is 0 Å². The van der Waals surface area contributed by atoms with Crippen molar-refractivity contribution < 1.29 is 17.9 Å². The molecular formula is C9H10BrNO4S. The lowest BCUT2D eigenvalue weighted by molar-refractivity contribution is 0.0596. The van der Waals surface area contributed by atoms with Crippen molar-refractivity contribution in [3.63, 3.8) is 0 Å². The number of nitrogens with one attached hydrogen (secondary N) is 1. The van der Waals surface area contributed by atoms with Gasteiger partial charge in [0.1, 0.15) is 0 Å². The number of hydrogen-bond acceptors (Lipinski definition) is 4. The number of rotatable bonds is 3. The summed E-state index contributed by atoms with van der Waals surface area (Å²) in [4.78, 5) is 11.3. The van der Waals surface area contributed by atoms with Gasteiger partial charge in [0, 0.05) is 4.47 Å². The molecule has 0 aliphatic rings. The van der Waals surface area contributed by atoms with E-state index in [2.05, 4.69) is 25.4 Å². The smallest absolute Gasteiger partial charge is 0.339 e. The molecule has 0 saturated heterocycles. The molecule has 7 heteroatoms. The van der Waals surface area contributed by atoms with Crippen LogP contribution in [0.15, 0.2) is 27.6 Å². The highest BCUT2D eigenvalue weighted by Gasteiger charge is 2.21. The number of esters is 1. The van der Waals surface area contributed by atoms with Gasteiger partial charge in [0.15, 0.2) is 0 Å². The molecule has 0 fully saturated rings. The van der Waals surface area contributed by atoms with Crippen LogP contribution in [0.1, 0.15) is 10.4 Å². The summed E-state index contributed by atoms with van der Waals surface area (Å²) in [5.74, 6) is -0.699. The first-order valence-electron chi connectivity index (χ1n) is 4.24. The summed E-state index contributed by atoms with van der Waals surface area (Å²) < 4.78 is 30.5. The Bertz CT molecular complexity index is 512. The van der Waals surface area contributed by atoms with Crippen LogP contribution in [0.25, 0.3) is 0 Å². The standard InChI is InChI=1S/C9H10BrNO4S/c1-11-16(13,14)8-4-3-6(10)5-7(8)9(12)15-2/h3-5,11H,1-2H3. The van der Waals surface area contributed by atoms with Crippen LogP contribution in [-0.2, 0) is 14.8 Å². The lowest BCUT2D eigenvalue weighted by Gasteiger charge is -2.08. The van der Waals surface area contributed by atoms with Gasteiger partial charge >= 0.3 is 5.97 Å². The molecule has 0 amide bonds. The monoisotopic (exact) mass is 307 g/mol. The SMILES string of the molecule is CNS(=O)(=O)c1ccc(Br)cc1C(=O)OC. The molecule has 0 heterocycles. The van der Waals surface area contributed by atoms with E-state index < -0.39 is 16.0 Å². The van der Waals surface area contributed by atoms with E-state index in [1.807, 2.05) is 0 Å². The van der Waals surface area contributed by atoms with Crippen LogP contribution in [-0.4, -0.2) is 28.5 Å². The number of carbonyl (C=O) groups is 1. The molecule has 16 heavy (non-hydrogen) atoms. The summed E-state index contributed by atoms with van der Waals surface area (Å²) in [5.41, 5.74) is -0.00812. The molecule has 0 aliphatic carbocycles. The summed E-state index contributed by atoms with van der Waals surface area (Å²) in [7, 11) is -1.20. The maximum Gasteiger partial charge on any atom is 0.339 e. The number of benzene rings is 1. The number of methoxy groups -OCH3 is 1. The molecule has 1 aromatic rings. The molecule has 1 N–H and O–H groups in total. The van der Waals surface area contributed by atoms with Crippen LogP contribution >= 0.6 is 15.9 Å². The van der Waals surface area contributed by atoms with Gasteiger partial charge < -0.3 is 4.74 Å². The van der Waals surface area contributed by atoms with Crippen LogP contribution in [0.4, 0.5) is 0 Å². The van der Waals surface area contributed by atoms with Crippen LogP contribution < -0.4 is 4.72 Å².